The van der Waals surface area contributed by atoms with Crippen molar-refractivity contribution in [2.75, 3.05) is 0 Å². The van der Waals surface area contributed by atoms with Crippen LogP contribution in [0.5, 0.6) is 0 Å². The van der Waals surface area contributed by atoms with Gasteiger partial charge in [-0.1, -0.05) is 103 Å². The van der Waals surface area contributed by atoms with Crippen molar-refractivity contribution in [3.05, 3.63) is 5.92 Å². The van der Waals surface area contributed by atoms with Gasteiger partial charge >= 0.3 is 0 Å². The van der Waals surface area contributed by atoms with E-state index in [-0.39, 0.29) is 0 Å². The highest BCUT2D eigenvalue weighted by molar-refractivity contribution is 5.04. The predicted molar refractivity (Wildman–Crippen MR) is 106 cm³/mol. The van der Waals surface area contributed by atoms with Gasteiger partial charge in [-0.05, 0) is 49.4 Å². The van der Waals surface area contributed by atoms with Crippen LogP contribution in [0.3, 0.4) is 0 Å². The Kier molecular flexibility index (Phi) is 8.51. The first-order chi connectivity index (χ1) is 11.9. The van der Waals surface area contributed by atoms with Crippen LogP contribution < -0.4 is 0 Å². The quantitative estimate of drug-likeness (QED) is 0.447. The molecule has 0 aromatic rings. The molecule has 3 saturated carbocycles. The van der Waals surface area contributed by atoms with Crippen molar-refractivity contribution in [3.63, 3.8) is 0 Å². The molecule has 0 bridgehead atoms. The van der Waals surface area contributed by atoms with Crippen molar-refractivity contribution in [1.29, 1.82) is 0 Å². The fourth-order valence-electron chi connectivity index (χ4n) is 6.18. The summed E-state index contributed by atoms with van der Waals surface area (Å²) in [5.41, 5.74) is 0. The average molecular weight is 332 g/mol. The molecule has 0 saturated heterocycles. The molecule has 139 valence electrons. The molecule has 0 nitrogen and oxygen atoms in total. The average Bonchev–Trinajstić information content (AvgIpc) is 2.77. The van der Waals surface area contributed by atoms with E-state index >= 15 is 0 Å². The molecule has 1 unspecified atom stereocenters. The van der Waals surface area contributed by atoms with Gasteiger partial charge in [-0.3, -0.25) is 0 Å². The van der Waals surface area contributed by atoms with Gasteiger partial charge in [-0.25, -0.2) is 0 Å². The lowest BCUT2D eigenvalue weighted by molar-refractivity contribution is 0.227. The standard InChI is InChI=1S/C24H43/c1-3-9-15-21(16-10-4-1)23-19-13-5-2-6-14-20-24(23)22-17-11-7-8-12-18-22/h21-22,24H,1-20H2. The zero-order chi connectivity index (χ0) is 16.5. The molecule has 0 aromatic heterocycles. The summed E-state index contributed by atoms with van der Waals surface area (Å²) >= 11 is 0. The molecule has 0 heteroatoms. The molecular weight excluding hydrogens is 288 g/mol. The number of hydrogen-bond acceptors (Lipinski definition) is 0. The summed E-state index contributed by atoms with van der Waals surface area (Å²) < 4.78 is 0. The lowest BCUT2D eigenvalue weighted by atomic mass is 9.66. The molecule has 0 aliphatic heterocycles. The molecule has 0 spiro atoms. The first-order valence-corrected chi connectivity index (χ1v) is 11.8. The van der Waals surface area contributed by atoms with Crippen molar-refractivity contribution < 1.29 is 0 Å². The van der Waals surface area contributed by atoms with Gasteiger partial charge in [0.15, 0.2) is 0 Å². The fraction of sp³-hybridized carbons (Fsp3) is 0.958. The van der Waals surface area contributed by atoms with Crippen molar-refractivity contribution in [2.24, 2.45) is 17.8 Å². The van der Waals surface area contributed by atoms with E-state index in [1.54, 1.807) is 32.1 Å². The van der Waals surface area contributed by atoms with Crippen LogP contribution in [0.25, 0.3) is 0 Å². The summed E-state index contributed by atoms with van der Waals surface area (Å²) in [6.07, 6.45) is 30.5. The second kappa shape index (κ2) is 10.9. The minimum atomic E-state index is 1.01. The fourth-order valence-corrected chi connectivity index (χ4v) is 6.18. The Morgan fingerprint density at radius 1 is 0.417 bits per heavy atom. The maximum atomic E-state index is 2.10. The van der Waals surface area contributed by atoms with Crippen molar-refractivity contribution >= 4 is 0 Å². The molecule has 0 aromatic carbocycles. The molecule has 1 atom stereocenters. The second-order valence-corrected chi connectivity index (χ2v) is 9.28. The van der Waals surface area contributed by atoms with Crippen LogP contribution in [-0.2, 0) is 0 Å². The van der Waals surface area contributed by atoms with E-state index in [0.717, 1.165) is 17.8 Å². The first kappa shape index (κ1) is 18.8. The van der Waals surface area contributed by atoms with Gasteiger partial charge in [0, 0.05) is 0 Å². The minimum absolute atomic E-state index is 1.01. The van der Waals surface area contributed by atoms with Crippen molar-refractivity contribution in [3.8, 4) is 0 Å². The monoisotopic (exact) mass is 331 g/mol. The lowest BCUT2D eigenvalue weighted by Gasteiger charge is -2.39. The van der Waals surface area contributed by atoms with E-state index in [1.807, 2.05) is 0 Å². The summed E-state index contributed by atoms with van der Waals surface area (Å²) in [4.78, 5) is 0. The SMILES string of the molecule is C1CCCC([C]2CCCCCCCC2C2CCCCCC2)CCC1. The summed E-state index contributed by atoms with van der Waals surface area (Å²) in [5.74, 6) is 5.19. The molecule has 3 rings (SSSR count). The van der Waals surface area contributed by atoms with Crippen LogP contribution in [0, 0.1) is 23.7 Å². The minimum Gasteiger partial charge on any atom is -0.0533 e. The van der Waals surface area contributed by atoms with Crippen molar-refractivity contribution in [2.45, 2.75) is 128 Å². The van der Waals surface area contributed by atoms with Gasteiger partial charge < -0.3 is 0 Å². The third-order valence-corrected chi connectivity index (χ3v) is 7.56. The first-order valence-electron chi connectivity index (χ1n) is 11.8. The second-order valence-electron chi connectivity index (χ2n) is 9.28. The van der Waals surface area contributed by atoms with Gasteiger partial charge in [0.05, 0.1) is 0 Å². The molecule has 3 fully saturated rings. The van der Waals surface area contributed by atoms with E-state index in [4.69, 9.17) is 0 Å². The number of rotatable bonds is 2. The topological polar surface area (TPSA) is 0 Å². The molecular formula is C24H43. The van der Waals surface area contributed by atoms with Gasteiger partial charge in [-0.2, -0.15) is 0 Å². The summed E-state index contributed by atoms with van der Waals surface area (Å²) in [5, 5.41) is 0. The highest BCUT2D eigenvalue weighted by Crippen LogP contribution is 2.46. The molecule has 1 radical (unpaired) electrons. The Labute approximate surface area is 152 Å². The van der Waals surface area contributed by atoms with Crippen LogP contribution in [0.1, 0.15) is 128 Å². The summed E-state index contributed by atoms with van der Waals surface area (Å²) in [6.45, 7) is 0. The molecule has 3 aliphatic rings. The van der Waals surface area contributed by atoms with Gasteiger partial charge in [0.1, 0.15) is 0 Å². The van der Waals surface area contributed by atoms with Gasteiger partial charge in [-0.15, -0.1) is 0 Å². The maximum absolute atomic E-state index is 2.10. The normalized spacial score (nSPS) is 31.2. The van der Waals surface area contributed by atoms with E-state index in [1.165, 1.54) is 96.3 Å². The molecule has 24 heavy (non-hydrogen) atoms. The largest absolute Gasteiger partial charge is 0.0533 e. The van der Waals surface area contributed by atoms with Gasteiger partial charge in [0.2, 0.25) is 0 Å². The Morgan fingerprint density at radius 2 is 0.875 bits per heavy atom. The van der Waals surface area contributed by atoms with Crippen LogP contribution in [0.2, 0.25) is 0 Å². The van der Waals surface area contributed by atoms with Crippen LogP contribution in [0.4, 0.5) is 0 Å². The number of hydrogen-bond donors (Lipinski definition) is 0. The molecule has 0 N–H and O–H groups in total. The van der Waals surface area contributed by atoms with E-state index in [0.29, 0.717) is 0 Å². The van der Waals surface area contributed by atoms with E-state index < -0.39 is 0 Å². The van der Waals surface area contributed by atoms with Crippen LogP contribution in [0.15, 0.2) is 0 Å². The molecule has 0 heterocycles. The highest BCUT2D eigenvalue weighted by Gasteiger charge is 2.34. The zero-order valence-corrected chi connectivity index (χ0v) is 16.4. The van der Waals surface area contributed by atoms with E-state index in [2.05, 4.69) is 5.92 Å². The molecule has 3 aliphatic carbocycles. The third kappa shape index (κ3) is 5.77. The maximum Gasteiger partial charge on any atom is -0.0176 e. The predicted octanol–water partition coefficient (Wildman–Crippen LogP) is 8.25. The Balaban J connectivity index is 1.71. The smallest absolute Gasteiger partial charge is 0.0176 e. The zero-order valence-electron chi connectivity index (χ0n) is 16.4. The van der Waals surface area contributed by atoms with Crippen LogP contribution >= 0.6 is 0 Å². The third-order valence-electron chi connectivity index (χ3n) is 7.56. The summed E-state index contributed by atoms with van der Waals surface area (Å²) in [6, 6.07) is 0. The molecule has 0 amide bonds. The summed E-state index contributed by atoms with van der Waals surface area (Å²) in [7, 11) is 0. The Bertz CT molecular complexity index is 304. The van der Waals surface area contributed by atoms with E-state index in [9.17, 15) is 0 Å². The van der Waals surface area contributed by atoms with Crippen LogP contribution in [-0.4, -0.2) is 0 Å². The Hall–Kier alpha value is 0. The van der Waals surface area contributed by atoms with Crippen molar-refractivity contribution in [1.82, 2.24) is 0 Å². The Morgan fingerprint density at radius 3 is 1.50 bits per heavy atom. The van der Waals surface area contributed by atoms with Gasteiger partial charge in [0.25, 0.3) is 0 Å². The highest BCUT2D eigenvalue weighted by atomic mass is 14.4. The lowest BCUT2D eigenvalue weighted by Crippen LogP contribution is -2.28.